The molecule has 2 aromatic rings. The molecule has 0 saturated heterocycles. The Balaban J connectivity index is 1.99. The summed E-state index contributed by atoms with van der Waals surface area (Å²) in [5, 5.41) is 13.0. The molecule has 3 N–H and O–H groups in total. The lowest BCUT2D eigenvalue weighted by molar-refractivity contribution is 0.161. The Morgan fingerprint density at radius 3 is 2.88 bits per heavy atom. The van der Waals surface area contributed by atoms with Gasteiger partial charge < -0.3 is 19.8 Å². The van der Waals surface area contributed by atoms with Gasteiger partial charge in [-0.3, -0.25) is 0 Å². The Morgan fingerprint density at radius 2 is 2.24 bits per heavy atom. The molecule has 1 aromatic heterocycles. The summed E-state index contributed by atoms with van der Waals surface area (Å²) in [5.74, 6) is 0.441. The van der Waals surface area contributed by atoms with Crippen molar-refractivity contribution in [1.29, 1.82) is 0 Å². The first-order chi connectivity index (χ1) is 8.16. The molecule has 0 bridgehead atoms. The van der Waals surface area contributed by atoms with E-state index in [0.717, 1.165) is 11.3 Å². The highest BCUT2D eigenvalue weighted by Crippen LogP contribution is 2.17. The number of anilines is 1. The van der Waals surface area contributed by atoms with Crippen molar-refractivity contribution < 1.29 is 9.52 Å². The standard InChI is InChI=1S/C12H14N2O2S/c1-8-4-2-3-5-9(8)13-6-10(15)11-7-14-12(17)16-11/h2-5,7,10,13,15H,6H2,1H3,(H,14,17). The monoisotopic (exact) mass is 250 g/mol. The van der Waals surface area contributed by atoms with Crippen LogP contribution in [0.15, 0.2) is 34.9 Å². The number of aliphatic hydroxyl groups is 1. The van der Waals surface area contributed by atoms with Gasteiger partial charge in [-0.05, 0) is 30.8 Å². The van der Waals surface area contributed by atoms with Crippen LogP contribution in [0.1, 0.15) is 17.4 Å². The average Bonchev–Trinajstić information content (AvgIpc) is 2.74. The second-order valence-electron chi connectivity index (χ2n) is 3.79. The molecule has 1 atom stereocenters. The molecule has 90 valence electrons. The van der Waals surface area contributed by atoms with E-state index in [2.05, 4.69) is 10.3 Å². The van der Waals surface area contributed by atoms with E-state index in [-0.39, 0.29) is 4.84 Å². The number of aliphatic hydroxyl groups excluding tert-OH is 1. The van der Waals surface area contributed by atoms with E-state index in [9.17, 15) is 5.11 Å². The van der Waals surface area contributed by atoms with Crippen LogP contribution in [0.25, 0.3) is 0 Å². The molecule has 5 heteroatoms. The number of aryl methyl sites for hydroxylation is 1. The van der Waals surface area contributed by atoms with Gasteiger partial charge in [-0.1, -0.05) is 18.2 Å². The van der Waals surface area contributed by atoms with Crippen molar-refractivity contribution in [3.05, 3.63) is 46.6 Å². The highest BCUT2D eigenvalue weighted by atomic mass is 32.1. The van der Waals surface area contributed by atoms with E-state index in [4.69, 9.17) is 16.6 Å². The van der Waals surface area contributed by atoms with Crippen molar-refractivity contribution in [1.82, 2.24) is 4.98 Å². The highest BCUT2D eigenvalue weighted by molar-refractivity contribution is 7.71. The van der Waals surface area contributed by atoms with Crippen LogP contribution in [0, 0.1) is 11.8 Å². The van der Waals surface area contributed by atoms with Gasteiger partial charge in [0.1, 0.15) is 6.10 Å². The molecule has 17 heavy (non-hydrogen) atoms. The number of para-hydroxylation sites is 1. The van der Waals surface area contributed by atoms with Crippen LogP contribution in [0.3, 0.4) is 0 Å². The molecule has 2 rings (SSSR count). The largest absolute Gasteiger partial charge is 0.432 e. The fourth-order valence-corrected chi connectivity index (χ4v) is 1.69. The Labute approximate surface area is 104 Å². The average molecular weight is 250 g/mol. The van der Waals surface area contributed by atoms with Gasteiger partial charge in [0.25, 0.3) is 4.84 Å². The maximum atomic E-state index is 9.86. The number of aromatic nitrogens is 1. The lowest BCUT2D eigenvalue weighted by Gasteiger charge is -2.12. The molecule has 1 unspecified atom stereocenters. The summed E-state index contributed by atoms with van der Waals surface area (Å²) in [6, 6.07) is 7.90. The Hall–Kier alpha value is -1.59. The van der Waals surface area contributed by atoms with E-state index in [1.807, 2.05) is 31.2 Å². The quantitative estimate of drug-likeness (QED) is 0.730. The Kier molecular flexibility index (Phi) is 3.61. The maximum absolute atomic E-state index is 9.86. The van der Waals surface area contributed by atoms with Crippen molar-refractivity contribution in [3.63, 3.8) is 0 Å². The minimum absolute atomic E-state index is 0.273. The van der Waals surface area contributed by atoms with Gasteiger partial charge in [0.05, 0.1) is 0 Å². The zero-order chi connectivity index (χ0) is 12.3. The van der Waals surface area contributed by atoms with Crippen molar-refractivity contribution >= 4 is 17.9 Å². The molecule has 0 aliphatic heterocycles. The predicted molar refractivity (Wildman–Crippen MR) is 68.5 cm³/mol. The number of hydrogen-bond donors (Lipinski definition) is 3. The third kappa shape index (κ3) is 2.95. The zero-order valence-corrected chi connectivity index (χ0v) is 10.3. The van der Waals surface area contributed by atoms with E-state index in [0.29, 0.717) is 12.3 Å². The van der Waals surface area contributed by atoms with Crippen molar-refractivity contribution in [2.24, 2.45) is 0 Å². The molecule has 0 radical (unpaired) electrons. The van der Waals surface area contributed by atoms with Gasteiger partial charge in [0.15, 0.2) is 5.76 Å². The lowest BCUT2D eigenvalue weighted by atomic mass is 10.2. The second-order valence-corrected chi connectivity index (χ2v) is 4.16. The summed E-state index contributed by atoms with van der Waals surface area (Å²) in [7, 11) is 0. The van der Waals surface area contributed by atoms with Crippen LogP contribution >= 0.6 is 12.2 Å². The molecule has 0 fully saturated rings. The van der Waals surface area contributed by atoms with Crippen molar-refractivity contribution in [2.45, 2.75) is 13.0 Å². The van der Waals surface area contributed by atoms with Crippen LogP contribution in [0.2, 0.25) is 0 Å². The smallest absolute Gasteiger partial charge is 0.266 e. The molecule has 4 nitrogen and oxygen atoms in total. The third-order valence-electron chi connectivity index (χ3n) is 2.50. The van der Waals surface area contributed by atoms with Crippen LogP contribution < -0.4 is 5.32 Å². The SMILES string of the molecule is Cc1ccccc1NCC(O)c1c[nH]c(=S)o1. The molecular weight excluding hydrogens is 236 g/mol. The van der Waals surface area contributed by atoms with Gasteiger partial charge in [-0.15, -0.1) is 0 Å². The van der Waals surface area contributed by atoms with Crippen LogP contribution in [0.4, 0.5) is 5.69 Å². The second kappa shape index (κ2) is 5.16. The number of aromatic amines is 1. The highest BCUT2D eigenvalue weighted by Gasteiger charge is 2.11. The molecular formula is C12H14N2O2S. The molecule has 0 spiro atoms. The summed E-state index contributed by atoms with van der Waals surface area (Å²) in [4.78, 5) is 2.99. The topological polar surface area (TPSA) is 61.2 Å². The molecule has 0 aliphatic rings. The maximum Gasteiger partial charge on any atom is 0.266 e. The molecule has 1 heterocycles. The Bertz CT molecular complexity index is 547. The normalized spacial score (nSPS) is 12.4. The number of H-pyrrole nitrogens is 1. The van der Waals surface area contributed by atoms with E-state index in [1.165, 1.54) is 0 Å². The number of benzene rings is 1. The van der Waals surface area contributed by atoms with E-state index < -0.39 is 6.10 Å². The molecule has 0 amide bonds. The molecule has 0 saturated carbocycles. The fraction of sp³-hybridized carbons (Fsp3) is 0.250. The summed E-state index contributed by atoms with van der Waals surface area (Å²) >= 11 is 4.80. The van der Waals surface area contributed by atoms with Gasteiger partial charge in [0.2, 0.25) is 0 Å². The van der Waals surface area contributed by atoms with Crippen molar-refractivity contribution in [2.75, 3.05) is 11.9 Å². The van der Waals surface area contributed by atoms with Gasteiger partial charge in [0, 0.05) is 18.4 Å². The first kappa shape index (κ1) is 11.9. The van der Waals surface area contributed by atoms with Gasteiger partial charge in [-0.2, -0.15) is 0 Å². The zero-order valence-electron chi connectivity index (χ0n) is 9.43. The van der Waals surface area contributed by atoms with Crippen LogP contribution in [-0.2, 0) is 0 Å². The summed E-state index contributed by atoms with van der Waals surface area (Å²) in [6.07, 6.45) is 0.856. The first-order valence-corrected chi connectivity index (χ1v) is 5.73. The predicted octanol–water partition coefficient (Wildman–Crippen LogP) is 2.79. The third-order valence-corrected chi connectivity index (χ3v) is 2.70. The van der Waals surface area contributed by atoms with Crippen molar-refractivity contribution in [3.8, 4) is 0 Å². The molecule has 0 aliphatic carbocycles. The van der Waals surface area contributed by atoms with Crippen LogP contribution in [0.5, 0.6) is 0 Å². The van der Waals surface area contributed by atoms with Gasteiger partial charge in [-0.25, -0.2) is 0 Å². The number of nitrogens with one attached hydrogen (secondary N) is 2. The first-order valence-electron chi connectivity index (χ1n) is 5.33. The minimum atomic E-state index is -0.720. The number of oxazole rings is 1. The van der Waals surface area contributed by atoms with E-state index >= 15 is 0 Å². The van der Waals surface area contributed by atoms with Gasteiger partial charge >= 0.3 is 0 Å². The summed E-state index contributed by atoms with van der Waals surface area (Å²) in [5.41, 5.74) is 2.13. The fourth-order valence-electron chi connectivity index (χ4n) is 1.54. The Morgan fingerprint density at radius 1 is 1.47 bits per heavy atom. The number of hydrogen-bond acceptors (Lipinski definition) is 4. The molecule has 1 aromatic carbocycles. The summed E-state index contributed by atoms with van der Waals surface area (Å²) in [6.45, 7) is 2.39. The summed E-state index contributed by atoms with van der Waals surface area (Å²) < 4.78 is 5.13. The lowest BCUT2D eigenvalue weighted by Crippen LogP contribution is -2.12. The van der Waals surface area contributed by atoms with Crippen LogP contribution in [-0.4, -0.2) is 16.6 Å². The van der Waals surface area contributed by atoms with E-state index in [1.54, 1.807) is 6.20 Å². The minimum Gasteiger partial charge on any atom is -0.432 e. The number of rotatable bonds is 4.